The highest BCUT2D eigenvalue weighted by molar-refractivity contribution is 7.13. The number of nitrogens with zero attached hydrogens (tertiary/aromatic N) is 1. The zero-order valence-electron chi connectivity index (χ0n) is 7.81. The van der Waals surface area contributed by atoms with Gasteiger partial charge in [-0.05, 0) is 12.1 Å². The van der Waals surface area contributed by atoms with E-state index in [4.69, 9.17) is 0 Å². The fraction of sp³-hybridized carbons (Fsp3) is 0. The second-order valence-electron chi connectivity index (χ2n) is 2.78. The first kappa shape index (κ1) is 9.67. The molecule has 0 unspecified atom stereocenters. The van der Waals surface area contributed by atoms with Crippen LogP contribution in [0.3, 0.4) is 0 Å². The maximum atomic E-state index is 11.5. The topological polar surface area (TPSA) is 54.0 Å². The number of rotatable bonds is 3. The number of anilines is 1. The number of hydrogen-bond donors (Lipinski definition) is 2. The van der Waals surface area contributed by atoms with Gasteiger partial charge in [-0.1, -0.05) is 18.2 Å². The Hall–Kier alpha value is -1.88. The molecule has 0 radical (unpaired) electrons. The molecular formula is C10H9N3OS. The number of hydrogen-bond acceptors (Lipinski definition) is 4. The van der Waals surface area contributed by atoms with Gasteiger partial charge in [0.05, 0.1) is 0 Å². The molecule has 1 heterocycles. The largest absolute Gasteiger partial charge is 0.273 e. The van der Waals surface area contributed by atoms with Crippen molar-refractivity contribution in [1.82, 2.24) is 10.4 Å². The predicted molar refractivity (Wildman–Crippen MR) is 59.6 cm³/mol. The summed E-state index contributed by atoms with van der Waals surface area (Å²) in [6.07, 6.45) is 1.67. The Bertz CT molecular complexity index is 427. The molecule has 5 heteroatoms. The molecule has 0 aliphatic heterocycles. The molecule has 0 saturated carbocycles. The molecule has 0 bridgehead atoms. The molecule has 0 spiro atoms. The van der Waals surface area contributed by atoms with Gasteiger partial charge in [-0.25, -0.2) is 4.98 Å². The van der Waals surface area contributed by atoms with E-state index in [-0.39, 0.29) is 5.91 Å². The van der Waals surface area contributed by atoms with Crippen LogP contribution in [0.1, 0.15) is 10.4 Å². The number of benzene rings is 1. The zero-order valence-corrected chi connectivity index (χ0v) is 8.62. The van der Waals surface area contributed by atoms with Gasteiger partial charge >= 0.3 is 0 Å². The van der Waals surface area contributed by atoms with Crippen molar-refractivity contribution in [3.05, 3.63) is 47.5 Å². The molecule has 1 amide bonds. The minimum atomic E-state index is -0.175. The van der Waals surface area contributed by atoms with Crippen LogP contribution in [0.25, 0.3) is 0 Å². The minimum absolute atomic E-state index is 0.175. The van der Waals surface area contributed by atoms with E-state index in [2.05, 4.69) is 15.8 Å². The van der Waals surface area contributed by atoms with E-state index in [1.165, 1.54) is 11.3 Å². The summed E-state index contributed by atoms with van der Waals surface area (Å²) in [4.78, 5) is 15.5. The minimum Gasteiger partial charge on any atom is -0.273 e. The molecule has 0 atom stereocenters. The van der Waals surface area contributed by atoms with Crippen LogP contribution in [0.4, 0.5) is 5.13 Å². The average molecular weight is 219 g/mol. The molecule has 76 valence electrons. The lowest BCUT2D eigenvalue weighted by molar-refractivity contribution is 0.0962. The average Bonchev–Trinajstić information content (AvgIpc) is 2.80. The van der Waals surface area contributed by atoms with Crippen molar-refractivity contribution in [3.8, 4) is 0 Å². The highest BCUT2D eigenvalue weighted by Crippen LogP contribution is 2.08. The predicted octanol–water partition coefficient (Wildman–Crippen LogP) is 1.90. The summed E-state index contributed by atoms with van der Waals surface area (Å²) in [5, 5.41) is 2.50. The van der Waals surface area contributed by atoms with Gasteiger partial charge in [-0.15, -0.1) is 11.3 Å². The Labute approximate surface area is 90.9 Å². The van der Waals surface area contributed by atoms with E-state index < -0.39 is 0 Å². The maximum absolute atomic E-state index is 11.5. The van der Waals surface area contributed by atoms with Crippen molar-refractivity contribution < 1.29 is 4.79 Å². The monoisotopic (exact) mass is 219 g/mol. The molecule has 2 aromatic rings. The van der Waals surface area contributed by atoms with E-state index >= 15 is 0 Å². The molecule has 2 rings (SSSR count). The van der Waals surface area contributed by atoms with Crippen LogP contribution in [0.2, 0.25) is 0 Å². The van der Waals surface area contributed by atoms with E-state index in [1.807, 2.05) is 23.6 Å². The number of amides is 1. The molecular weight excluding hydrogens is 210 g/mol. The summed E-state index contributed by atoms with van der Waals surface area (Å²) in [6.45, 7) is 0. The second kappa shape index (κ2) is 4.56. The molecule has 1 aromatic heterocycles. The summed E-state index contributed by atoms with van der Waals surface area (Å²) in [5.74, 6) is -0.175. The summed E-state index contributed by atoms with van der Waals surface area (Å²) in [7, 11) is 0. The summed E-state index contributed by atoms with van der Waals surface area (Å²) < 4.78 is 0. The van der Waals surface area contributed by atoms with E-state index in [0.29, 0.717) is 10.7 Å². The highest BCUT2D eigenvalue weighted by Gasteiger charge is 2.03. The summed E-state index contributed by atoms with van der Waals surface area (Å²) in [5.41, 5.74) is 5.90. The third-order valence-electron chi connectivity index (χ3n) is 1.75. The molecule has 2 N–H and O–H groups in total. The lowest BCUT2D eigenvalue weighted by Crippen LogP contribution is -2.29. The summed E-state index contributed by atoms with van der Waals surface area (Å²) >= 11 is 1.42. The molecule has 1 aromatic carbocycles. The Morgan fingerprint density at radius 2 is 2.07 bits per heavy atom. The van der Waals surface area contributed by atoms with Crippen molar-refractivity contribution in [1.29, 1.82) is 0 Å². The van der Waals surface area contributed by atoms with E-state index in [9.17, 15) is 4.79 Å². The molecule has 0 aliphatic carbocycles. The fourth-order valence-corrected chi connectivity index (χ4v) is 1.54. The third kappa shape index (κ3) is 2.54. The second-order valence-corrected chi connectivity index (χ2v) is 3.68. The lowest BCUT2D eigenvalue weighted by Gasteiger charge is -2.04. The van der Waals surface area contributed by atoms with Crippen molar-refractivity contribution >= 4 is 22.4 Å². The van der Waals surface area contributed by atoms with E-state index in [0.717, 1.165) is 0 Å². The Morgan fingerprint density at radius 3 is 2.73 bits per heavy atom. The fourth-order valence-electron chi connectivity index (χ4n) is 1.06. The van der Waals surface area contributed by atoms with Gasteiger partial charge < -0.3 is 0 Å². The molecule has 15 heavy (non-hydrogen) atoms. The number of aromatic nitrogens is 1. The molecule has 4 nitrogen and oxygen atoms in total. The first-order valence-electron chi connectivity index (χ1n) is 4.37. The first-order chi connectivity index (χ1) is 7.36. The Kier molecular flexibility index (Phi) is 2.94. The number of thiazole rings is 1. The smallest absolute Gasteiger partial charge is 0.269 e. The molecule has 0 saturated heterocycles. The highest BCUT2D eigenvalue weighted by atomic mass is 32.1. The van der Waals surface area contributed by atoms with E-state index in [1.54, 1.807) is 18.3 Å². The molecule has 0 aliphatic rings. The van der Waals surface area contributed by atoms with Crippen LogP contribution in [0, 0.1) is 0 Å². The van der Waals surface area contributed by atoms with Crippen LogP contribution >= 0.6 is 11.3 Å². The zero-order chi connectivity index (χ0) is 10.5. The van der Waals surface area contributed by atoms with Crippen LogP contribution < -0.4 is 10.9 Å². The maximum Gasteiger partial charge on any atom is 0.269 e. The third-order valence-corrected chi connectivity index (χ3v) is 2.44. The lowest BCUT2D eigenvalue weighted by atomic mass is 10.2. The van der Waals surface area contributed by atoms with Gasteiger partial charge in [0.15, 0.2) is 0 Å². The van der Waals surface area contributed by atoms with Gasteiger partial charge in [0.1, 0.15) is 0 Å². The van der Waals surface area contributed by atoms with Crippen molar-refractivity contribution in [3.63, 3.8) is 0 Å². The van der Waals surface area contributed by atoms with Crippen LogP contribution in [0.15, 0.2) is 41.9 Å². The SMILES string of the molecule is O=C(NNc1nccs1)c1ccccc1. The number of carbonyl (C=O) groups excluding carboxylic acids is 1. The molecule has 0 fully saturated rings. The van der Waals surface area contributed by atoms with Crippen molar-refractivity contribution in [2.45, 2.75) is 0 Å². The van der Waals surface area contributed by atoms with Crippen LogP contribution in [-0.2, 0) is 0 Å². The quantitative estimate of drug-likeness (QED) is 0.775. The Balaban J connectivity index is 1.94. The standard InChI is InChI=1S/C10H9N3OS/c14-9(8-4-2-1-3-5-8)12-13-10-11-6-7-15-10/h1-7H,(H,11,13)(H,12,14). The van der Waals surface area contributed by atoms with Crippen LogP contribution in [-0.4, -0.2) is 10.9 Å². The number of hydrazine groups is 1. The summed E-state index contributed by atoms with van der Waals surface area (Å²) in [6, 6.07) is 9.00. The number of carbonyl (C=O) groups is 1. The van der Waals surface area contributed by atoms with Crippen molar-refractivity contribution in [2.75, 3.05) is 5.43 Å². The van der Waals surface area contributed by atoms with Crippen molar-refractivity contribution in [2.24, 2.45) is 0 Å². The first-order valence-corrected chi connectivity index (χ1v) is 5.25. The van der Waals surface area contributed by atoms with Gasteiger partial charge in [0.2, 0.25) is 5.13 Å². The van der Waals surface area contributed by atoms with Gasteiger partial charge in [-0.2, -0.15) is 0 Å². The van der Waals surface area contributed by atoms with Gasteiger partial charge in [0, 0.05) is 17.1 Å². The number of nitrogens with one attached hydrogen (secondary N) is 2. The normalized spacial score (nSPS) is 9.60. The van der Waals surface area contributed by atoms with Gasteiger partial charge in [0.25, 0.3) is 5.91 Å². The Morgan fingerprint density at radius 1 is 1.27 bits per heavy atom. The van der Waals surface area contributed by atoms with Gasteiger partial charge in [-0.3, -0.25) is 15.6 Å². The van der Waals surface area contributed by atoms with Crippen LogP contribution in [0.5, 0.6) is 0 Å².